The van der Waals surface area contributed by atoms with Crippen molar-refractivity contribution in [3.63, 3.8) is 0 Å². The van der Waals surface area contributed by atoms with Gasteiger partial charge >= 0.3 is 0 Å². The van der Waals surface area contributed by atoms with Gasteiger partial charge in [0.25, 0.3) is 0 Å². The van der Waals surface area contributed by atoms with Crippen molar-refractivity contribution < 1.29 is 0 Å². The van der Waals surface area contributed by atoms with Gasteiger partial charge in [0.15, 0.2) is 0 Å². The lowest BCUT2D eigenvalue weighted by Crippen LogP contribution is -2.30. The Morgan fingerprint density at radius 3 is 2.95 bits per heavy atom. The Morgan fingerprint density at radius 2 is 2.15 bits per heavy atom. The molecular weight excluding hydrogens is 266 g/mol. The van der Waals surface area contributed by atoms with Crippen LogP contribution >= 0.6 is 12.2 Å². The Bertz CT molecular complexity index is 654. The summed E-state index contributed by atoms with van der Waals surface area (Å²) < 4.78 is 0. The third kappa shape index (κ3) is 2.39. The van der Waals surface area contributed by atoms with Crippen molar-refractivity contribution >= 4 is 28.6 Å². The fourth-order valence-corrected chi connectivity index (χ4v) is 2.87. The summed E-state index contributed by atoms with van der Waals surface area (Å²) in [6.45, 7) is 3.27. The van der Waals surface area contributed by atoms with E-state index in [2.05, 4.69) is 41.1 Å². The number of hydrogen-bond acceptors (Lipinski definition) is 3. The fraction of sp³-hybridized carbons (Fsp3) is 0.250. The van der Waals surface area contributed by atoms with Crippen molar-refractivity contribution in [1.29, 1.82) is 0 Å². The third-order valence-electron chi connectivity index (χ3n) is 3.65. The highest BCUT2D eigenvalue weighted by Gasteiger charge is 2.22. The SMILES string of the molecule is CC1Cc2ccccc2N(c2ccnc(C(N)=S)c2)C1. The maximum Gasteiger partial charge on any atom is 0.122 e. The summed E-state index contributed by atoms with van der Waals surface area (Å²) in [5.74, 6) is 0.617. The lowest BCUT2D eigenvalue weighted by Gasteiger charge is -2.35. The standard InChI is InChI=1S/C16H17N3S/c1-11-8-12-4-2-3-5-15(12)19(10-11)13-6-7-18-14(9-13)16(17)20/h2-7,9,11H,8,10H2,1H3,(H2,17,20). The van der Waals surface area contributed by atoms with Crippen LogP contribution in [0.2, 0.25) is 0 Å². The highest BCUT2D eigenvalue weighted by molar-refractivity contribution is 7.80. The van der Waals surface area contributed by atoms with Crippen LogP contribution in [0.25, 0.3) is 0 Å². The second kappa shape index (κ2) is 5.21. The highest BCUT2D eigenvalue weighted by atomic mass is 32.1. The minimum absolute atomic E-state index is 0.338. The number of fused-ring (bicyclic) bond motifs is 1. The van der Waals surface area contributed by atoms with Gasteiger partial charge in [-0.15, -0.1) is 0 Å². The van der Waals surface area contributed by atoms with Crippen molar-refractivity contribution in [3.8, 4) is 0 Å². The molecule has 0 fully saturated rings. The zero-order valence-electron chi connectivity index (χ0n) is 11.4. The Labute approximate surface area is 124 Å². The van der Waals surface area contributed by atoms with E-state index in [-0.39, 0.29) is 0 Å². The fourth-order valence-electron chi connectivity index (χ4n) is 2.76. The molecule has 0 saturated heterocycles. The van der Waals surface area contributed by atoms with E-state index in [1.807, 2.05) is 12.1 Å². The number of para-hydroxylation sites is 1. The number of hydrogen-bond donors (Lipinski definition) is 1. The van der Waals surface area contributed by atoms with Gasteiger partial charge in [-0.2, -0.15) is 0 Å². The first-order valence-corrected chi connectivity index (χ1v) is 7.17. The minimum Gasteiger partial charge on any atom is -0.388 e. The molecule has 1 atom stereocenters. The summed E-state index contributed by atoms with van der Waals surface area (Å²) in [4.78, 5) is 6.88. The van der Waals surface area contributed by atoms with Crippen molar-refractivity contribution in [2.24, 2.45) is 11.7 Å². The van der Waals surface area contributed by atoms with Gasteiger partial charge in [0.2, 0.25) is 0 Å². The maximum atomic E-state index is 5.68. The molecule has 0 amide bonds. The van der Waals surface area contributed by atoms with Crippen LogP contribution in [0.15, 0.2) is 42.6 Å². The Hall–Kier alpha value is -1.94. The number of aromatic nitrogens is 1. The molecule has 3 rings (SSSR count). The minimum atomic E-state index is 0.338. The summed E-state index contributed by atoms with van der Waals surface area (Å²) in [5.41, 5.74) is 10.1. The van der Waals surface area contributed by atoms with Gasteiger partial charge in [-0.1, -0.05) is 37.3 Å². The summed E-state index contributed by atoms with van der Waals surface area (Å²) in [5, 5.41) is 0. The number of anilines is 2. The van der Waals surface area contributed by atoms with E-state index >= 15 is 0 Å². The molecule has 2 aromatic rings. The van der Waals surface area contributed by atoms with Crippen LogP contribution in [0.1, 0.15) is 18.2 Å². The summed E-state index contributed by atoms with van der Waals surface area (Å²) in [7, 11) is 0. The summed E-state index contributed by atoms with van der Waals surface area (Å²) in [6, 6.07) is 12.5. The number of nitrogens with two attached hydrogens (primary N) is 1. The molecule has 1 aromatic carbocycles. The Kier molecular flexibility index (Phi) is 3.40. The first kappa shape index (κ1) is 13.1. The van der Waals surface area contributed by atoms with Crippen molar-refractivity contribution in [2.45, 2.75) is 13.3 Å². The van der Waals surface area contributed by atoms with Crippen LogP contribution in [0.4, 0.5) is 11.4 Å². The second-order valence-electron chi connectivity index (χ2n) is 5.31. The molecule has 1 aliphatic rings. The van der Waals surface area contributed by atoms with E-state index in [0.29, 0.717) is 16.6 Å². The molecule has 102 valence electrons. The molecule has 0 aliphatic carbocycles. The molecule has 1 aromatic heterocycles. The molecule has 1 aliphatic heterocycles. The largest absolute Gasteiger partial charge is 0.388 e. The predicted molar refractivity (Wildman–Crippen MR) is 86.4 cm³/mol. The van der Waals surface area contributed by atoms with Crippen LogP contribution in [0.3, 0.4) is 0 Å². The van der Waals surface area contributed by atoms with Gasteiger partial charge in [-0.05, 0) is 36.1 Å². The van der Waals surface area contributed by atoms with Gasteiger partial charge in [-0.3, -0.25) is 4.98 Å². The number of benzene rings is 1. The quantitative estimate of drug-likeness (QED) is 0.860. The van der Waals surface area contributed by atoms with Gasteiger partial charge in [0.05, 0.1) is 5.69 Å². The van der Waals surface area contributed by atoms with Gasteiger partial charge in [0, 0.05) is 24.1 Å². The van der Waals surface area contributed by atoms with Crippen LogP contribution in [-0.2, 0) is 6.42 Å². The monoisotopic (exact) mass is 283 g/mol. The zero-order valence-corrected chi connectivity index (χ0v) is 12.2. The number of nitrogens with zero attached hydrogens (tertiary/aromatic N) is 2. The van der Waals surface area contributed by atoms with E-state index in [9.17, 15) is 0 Å². The van der Waals surface area contributed by atoms with Crippen LogP contribution in [-0.4, -0.2) is 16.5 Å². The molecule has 20 heavy (non-hydrogen) atoms. The molecule has 2 heterocycles. The first-order chi connectivity index (χ1) is 9.65. The average Bonchev–Trinajstić information content (AvgIpc) is 2.46. The van der Waals surface area contributed by atoms with Crippen LogP contribution < -0.4 is 10.6 Å². The van der Waals surface area contributed by atoms with E-state index < -0.39 is 0 Å². The Morgan fingerprint density at radius 1 is 1.35 bits per heavy atom. The number of pyridine rings is 1. The lowest BCUT2D eigenvalue weighted by atomic mass is 9.93. The second-order valence-corrected chi connectivity index (χ2v) is 5.75. The molecule has 4 heteroatoms. The number of rotatable bonds is 2. The summed E-state index contributed by atoms with van der Waals surface area (Å²) in [6.07, 6.45) is 2.89. The molecule has 3 nitrogen and oxygen atoms in total. The molecule has 0 bridgehead atoms. The van der Waals surface area contributed by atoms with Crippen LogP contribution in [0.5, 0.6) is 0 Å². The molecule has 2 N–H and O–H groups in total. The van der Waals surface area contributed by atoms with Crippen molar-refractivity contribution in [2.75, 3.05) is 11.4 Å². The van der Waals surface area contributed by atoms with Gasteiger partial charge in [0.1, 0.15) is 4.99 Å². The van der Waals surface area contributed by atoms with Crippen molar-refractivity contribution in [3.05, 3.63) is 53.9 Å². The predicted octanol–water partition coefficient (Wildman–Crippen LogP) is 3.05. The van der Waals surface area contributed by atoms with E-state index in [1.54, 1.807) is 6.20 Å². The first-order valence-electron chi connectivity index (χ1n) is 6.76. The lowest BCUT2D eigenvalue weighted by molar-refractivity contribution is 0.562. The smallest absolute Gasteiger partial charge is 0.122 e. The van der Waals surface area contributed by atoms with E-state index in [0.717, 1.165) is 18.7 Å². The molecule has 0 saturated carbocycles. The Balaban J connectivity index is 2.06. The average molecular weight is 283 g/mol. The zero-order chi connectivity index (χ0) is 14.1. The molecular formula is C16H17N3S. The topological polar surface area (TPSA) is 42.2 Å². The van der Waals surface area contributed by atoms with Gasteiger partial charge in [-0.25, -0.2) is 0 Å². The summed E-state index contributed by atoms with van der Waals surface area (Å²) >= 11 is 5.02. The van der Waals surface area contributed by atoms with E-state index in [4.69, 9.17) is 18.0 Å². The van der Waals surface area contributed by atoms with Crippen molar-refractivity contribution in [1.82, 2.24) is 4.98 Å². The molecule has 1 unspecified atom stereocenters. The molecule has 0 radical (unpaired) electrons. The van der Waals surface area contributed by atoms with E-state index in [1.165, 1.54) is 11.3 Å². The highest BCUT2D eigenvalue weighted by Crippen LogP contribution is 2.35. The number of thiocarbonyl (C=S) groups is 1. The maximum absolute atomic E-state index is 5.68. The van der Waals surface area contributed by atoms with Crippen LogP contribution in [0, 0.1) is 5.92 Å². The molecule has 0 spiro atoms. The normalized spacial score (nSPS) is 17.6. The van der Waals surface area contributed by atoms with Gasteiger partial charge < -0.3 is 10.6 Å². The third-order valence-corrected chi connectivity index (χ3v) is 3.86.